The Bertz CT molecular complexity index is 485. The molecule has 1 aromatic rings. The standard InChI is InChI=1S/C15H22N4O2S/c22-15(17-11-13-2-1-7-21-13)18-12-3-4-14(16-10-12)19-5-8-20-9-6-19/h3-4,10,13H,1-2,5-9,11H2,(H2,17,18,22)/t13-/m0/s1. The van der Waals surface area contributed by atoms with E-state index in [0.29, 0.717) is 5.11 Å². The highest BCUT2D eigenvalue weighted by molar-refractivity contribution is 7.80. The number of anilines is 2. The molecule has 3 heterocycles. The lowest BCUT2D eigenvalue weighted by Crippen LogP contribution is -2.36. The Morgan fingerprint density at radius 3 is 2.86 bits per heavy atom. The van der Waals surface area contributed by atoms with Crippen molar-refractivity contribution in [3.8, 4) is 0 Å². The largest absolute Gasteiger partial charge is 0.378 e. The maximum atomic E-state index is 5.56. The number of hydrogen-bond acceptors (Lipinski definition) is 5. The van der Waals surface area contributed by atoms with E-state index in [4.69, 9.17) is 21.7 Å². The molecular weight excluding hydrogens is 300 g/mol. The van der Waals surface area contributed by atoms with Gasteiger partial charge in [0.15, 0.2) is 5.11 Å². The zero-order valence-electron chi connectivity index (χ0n) is 12.6. The van der Waals surface area contributed by atoms with Gasteiger partial charge >= 0.3 is 0 Å². The van der Waals surface area contributed by atoms with E-state index in [9.17, 15) is 0 Å². The van der Waals surface area contributed by atoms with Crippen LogP contribution >= 0.6 is 12.2 Å². The molecule has 22 heavy (non-hydrogen) atoms. The highest BCUT2D eigenvalue weighted by Gasteiger charge is 2.15. The summed E-state index contributed by atoms with van der Waals surface area (Å²) in [6, 6.07) is 4.01. The first-order chi connectivity index (χ1) is 10.8. The van der Waals surface area contributed by atoms with Gasteiger partial charge in [0.1, 0.15) is 5.82 Å². The molecule has 2 fully saturated rings. The lowest BCUT2D eigenvalue weighted by molar-refractivity contribution is 0.114. The molecule has 0 saturated carbocycles. The molecule has 2 aliphatic heterocycles. The lowest BCUT2D eigenvalue weighted by Gasteiger charge is -2.27. The number of aromatic nitrogens is 1. The summed E-state index contributed by atoms with van der Waals surface area (Å²) < 4.78 is 10.9. The quantitative estimate of drug-likeness (QED) is 0.812. The summed E-state index contributed by atoms with van der Waals surface area (Å²) in [4.78, 5) is 6.71. The Kier molecular flexibility index (Phi) is 5.42. The van der Waals surface area contributed by atoms with Gasteiger partial charge in [-0.15, -0.1) is 0 Å². The molecule has 6 nitrogen and oxygen atoms in total. The van der Waals surface area contributed by atoms with Crippen molar-refractivity contribution in [3.63, 3.8) is 0 Å². The van der Waals surface area contributed by atoms with Gasteiger partial charge in [-0.2, -0.15) is 0 Å². The monoisotopic (exact) mass is 322 g/mol. The van der Waals surface area contributed by atoms with Crippen LogP contribution in [0.4, 0.5) is 11.5 Å². The van der Waals surface area contributed by atoms with Crippen LogP contribution < -0.4 is 15.5 Å². The molecule has 0 amide bonds. The summed E-state index contributed by atoms with van der Waals surface area (Å²) in [6.45, 7) is 4.92. The number of nitrogens with zero attached hydrogens (tertiary/aromatic N) is 2. The molecular formula is C15H22N4O2S. The Hall–Kier alpha value is -1.44. The van der Waals surface area contributed by atoms with Crippen molar-refractivity contribution in [2.24, 2.45) is 0 Å². The molecule has 2 aliphatic rings. The first-order valence-electron chi connectivity index (χ1n) is 7.76. The van der Waals surface area contributed by atoms with E-state index in [0.717, 1.165) is 63.8 Å². The van der Waals surface area contributed by atoms with Crippen molar-refractivity contribution in [1.82, 2.24) is 10.3 Å². The van der Waals surface area contributed by atoms with Gasteiger partial charge < -0.3 is 25.0 Å². The van der Waals surface area contributed by atoms with Crippen molar-refractivity contribution in [2.75, 3.05) is 49.7 Å². The van der Waals surface area contributed by atoms with Gasteiger partial charge in [0.05, 0.1) is 31.2 Å². The van der Waals surface area contributed by atoms with Crippen LogP contribution in [0.2, 0.25) is 0 Å². The number of pyridine rings is 1. The predicted octanol–water partition coefficient (Wildman–Crippen LogP) is 1.38. The normalized spacial score (nSPS) is 21.6. The molecule has 3 rings (SSSR count). The number of thiocarbonyl (C=S) groups is 1. The number of nitrogens with one attached hydrogen (secondary N) is 2. The van der Waals surface area contributed by atoms with Crippen molar-refractivity contribution < 1.29 is 9.47 Å². The minimum atomic E-state index is 0.279. The van der Waals surface area contributed by atoms with Gasteiger partial charge in [-0.1, -0.05) is 0 Å². The summed E-state index contributed by atoms with van der Waals surface area (Å²) in [6.07, 6.45) is 4.33. The summed E-state index contributed by atoms with van der Waals surface area (Å²) in [7, 11) is 0. The molecule has 0 unspecified atom stereocenters. The molecule has 0 aliphatic carbocycles. The Balaban J connectivity index is 1.46. The van der Waals surface area contributed by atoms with Crippen LogP contribution in [0.25, 0.3) is 0 Å². The Morgan fingerprint density at radius 2 is 2.18 bits per heavy atom. The molecule has 1 atom stereocenters. The molecule has 2 saturated heterocycles. The van der Waals surface area contributed by atoms with Crippen LogP contribution in [0, 0.1) is 0 Å². The summed E-state index contributed by atoms with van der Waals surface area (Å²) >= 11 is 5.30. The van der Waals surface area contributed by atoms with Gasteiger partial charge in [0.2, 0.25) is 0 Å². The van der Waals surface area contributed by atoms with Crippen LogP contribution in [0.15, 0.2) is 18.3 Å². The summed E-state index contributed by atoms with van der Waals surface area (Å²) in [5, 5.41) is 6.95. The number of ether oxygens (including phenoxy) is 2. The minimum absolute atomic E-state index is 0.279. The molecule has 0 radical (unpaired) electrons. The number of morpholine rings is 1. The van der Waals surface area contributed by atoms with E-state index in [2.05, 4.69) is 20.5 Å². The fraction of sp³-hybridized carbons (Fsp3) is 0.600. The molecule has 2 N–H and O–H groups in total. The van der Waals surface area contributed by atoms with Crippen LogP contribution in [-0.2, 0) is 9.47 Å². The zero-order chi connectivity index (χ0) is 15.2. The number of hydrogen-bond donors (Lipinski definition) is 2. The van der Waals surface area contributed by atoms with E-state index in [1.807, 2.05) is 18.3 Å². The average molecular weight is 322 g/mol. The Labute approximate surface area is 136 Å². The molecule has 0 bridgehead atoms. The summed E-state index contributed by atoms with van der Waals surface area (Å²) in [5.74, 6) is 0.979. The van der Waals surface area contributed by atoms with Gasteiger partial charge in [-0.3, -0.25) is 0 Å². The van der Waals surface area contributed by atoms with Gasteiger partial charge in [0.25, 0.3) is 0 Å². The van der Waals surface area contributed by atoms with Crippen molar-refractivity contribution in [1.29, 1.82) is 0 Å². The molecule has 120 valence electrons. The third-order valence-electron chi connectivity index (χ3n) is 3.86. The number of rotatable bonds is 4. The van der Waals surface area contributed by atoms with E-state index in [-0.39, 0.29) is 6.10 Å². The second kappa shape index (κ2) is 7.71. The van der Waals surface area contributed by atoms with Crippen LogP contribution in [0.1, 0.15) is 12.8 Å². The first kappa shape index (κ1) is 15.5. The van der Waals surface area contributed by atoms with E-state index >= 15 is 0 Å². The lowest BCUT2D eigenvalue weighted by atomic mass is 10.2. The fourth-order valence-electron chi connectivity index (χ4n) is 2.63. The topological polar surface area (TPSA) is 58.7 Å². The van der Waals surface area contributed by atoms with Crippen molar-refractivity contribution >= 4 is 28.8 Å². The second-order valence-corrected chi connectivity index (χ2v) is 5.88. The van der Waals surface area contributed by atoms with Crippen molar-refractivity contribution in [3.05, 3.63) is 18.3 Å². The van der Waals surface area contributed by atoms with Gasteiger partial charge in [0, 0.05) is 26.2 Å². The van der Waals surface area contributed by atoms with Gasteiger partial charge in [-0.25, -0.2) is 4.98 Å². The molecule has 1 aromatic heterocycles. The minimum Gasteiger partial charge on any atom is -0.378 e. The van der Waals surface area contributed by atoms with Gasteiger partial charge in [-0.05, 0) is 37.2 Å². The SMILES string of the molecule is S=C(NC[C@@H]1CCCO1)Nc1ccc(N2CCOCC2)nc1. The Morgan fingerprint density at radius 1 is 1.32 bits per heavy atom. The highest BCUT2D eigenvalue weighted by Crippen LogP contribution is 2.15. The fourth-order valence-corrected chi connectivity index (χ4v) is 2.83. The third-order valence-corrected chi connectivity index (χ3v) is 4.10. The maximum Gasteiger partial charge on any atom is 0.170 e. The first-order valence-corrected chi connectivity index (χ1v) is 8.17. The van der Waals surface area contributed by atoms with E-state index in [1.54, 1.807) is 0 Å². The average Bonchev–Trinajstić information content (AvgIpc) is 3.08. The van der Waals surface area contributed by atoms with Crippen LogP contribution in [-0.4, -0.2) is 55.7 Å². The smallest absolute Gasteiger partial charge is 0.170 e. The summed E-state index contributed by atoms with van der Waals surface area (Å²) in [5.41, 5.74) is 0.891. The maximum absolute atomic E-state index is 5.56. The predicted molar refractivity (Wildman–Crippen MR) is 90.5 cm³/mol. The van der Waals surface area contributed by atoms with Crippen molar-refractivity contribution in [2.45, 2.75) is 18.9 Å². The van der Waals surface area contributed by atoms with Crippen LogP contribution in [0.5, 0.6) is 0 Å². The highest BCUT2D eigenvalue weighted by atomic mass is 32.1. The zero-order valence-corrected chi connectivity index (χ0v) is 13.4. The molecule has 0 spiro atoms. The van der Waals surface area contributed by atoms with Crippen LogP contribution in [0.3, 0.4) is 0 Å². The second-order valence-electron chi connectivity index (χ2n) is 5.47. The van der Waals surface area contributed by atoms with E-state index in [1.165, 1.54) is 0 Å². The third kappa shape index (κ3) is 4.28. The molecule has 7 heteroatoms. The van der Waals surface area contributed by atoms with E-state index < -0.39 is 0 Å². The molecule has 0 aromatic carbocycles.